The minimum atomic E-state index is -0.244. The molecule has 0 radical (unpaired) electrons. The van der Waals surface area contributed by atoms with Gasteiger partial charge in [-0.25, -0.2) is 4.98 Å². The first kappa shape index (κ1) is 15.4. The first-order chi connectivity index (χ1) is 10.9. The monoisotopic (exact) mass is 326 g/mol. The molecule has 1 aromatic carbocycles. The fourth-order valence-electron chi connectivity index (χ4n) is 2.15. The van der Waals surface area contributed by atoms with Gasteiger partial charge in [-0.15, -0.1) is 11.3 Å². The van der Waals surface area contributed by atoms with E-state index in [0.29, 0.717) is 10.8 Å². The summed E-state index contributed by atoms with van der Waals surface area (Å²) in [5.41, 5.74) is 3.72. The number of aromatic amines is 1. The zero-order valence-electron chi connectivity index (χ0n) is 13.3. The van der Waals surface area contributed by atoms with Crippen molar-refractivity contribution in [1.29, 1.82) is 0 Å². The summed E-state index contributed by atoms with van der Waals surface area (Å²) in [6, 6.07) is 10.00. The number of H-pyrrole nitrogens is 1. The molecule has 2 aromatic heterocycles. The Labute approximate surface area is 138 Å². The molecule has 0 atom stereocenters. The number of nitrogens with one attached hydrogen (secondary N) is 2. The fraction of sp³-hybridized carbons (Fsp3) is 0.235. The molecule has 1 amide bonds. The molecule has 0 aliphatic rings. The summed E-state index contributed by atoms with van der Waals surface area (Å²) < 4.78 is 0. The number of anilines is 1. The lowest BCUT2D eigenvalue weighted by Gasteiger charge is -2.18. The average Bonchev–Trinajstić information content (AvgIpc) is 3.18. The van der Waals surface area contributed by atoms with E-state index in [-0.39, 0.29) is 11.3 Å². The van der Waals surface area contributed by atoms with Crippen LogP contribution in [0.3, 0.4) is 0 Å². The molecular formula is C17H18N4OS. The Bertz CT molecular complexity index is 798. The first-order valence-electron chi connectivity index (χ1n) is 7.31. The van der Waals surface area contributed by atoms with Crippen molar-refractivity contribution in [2.75, 3.05) is 5.32 Å². The second-order valence-corrected chi connectivity index (χ2v) is 7.15. The van der Waals surface area contributed by atoms with Crippen LogP contribution in [0.5, 0.6) is 0 Å². The molecule has 0 bridgehead atoms. The smallest absolute Gasteiger partial charge is 0.275 e. The maximum Gasteiger partial charge on any atom is 0.275 e. The number of aromatic nitrogens is 3. The van der Waals surface area contributed by atoms with Crippen molar-refractivity contribution in [1.82, 2.24) is 15.2 Å². The van der Waals surface area contributed by atoms with Crippen LogP contribution in [-0.4, -0.2) is 21.1 Å². The Kier molecular flexibility index (Phi) is 4.00. The zero-order chi connectivity index (χ0) is 16.4. The second-order valence-electron chi connectivity index (χ2n) is 6.29. The third-order valence-electron chi connectivity index (χ3n) is 3.52. The van der Waals surface area contributed by atoms with Crippen LogP contribution in [0.1, 0.15) is 36.8 Å². The predicted molar refractivity (Wildman–Crippen MR) is 92.8 cm³/mol. The highest BCUT2D eigenvalue weighted by Gasteiger charge is 2.14. The first-order valence-corrected chi connectivity index (χ1v) is 8.18. The van der Waals surface area contributed by atoms with E-state index >= 15 is 0 Å². The van der Waals surface area contributed by atoms with E-state index in [4.69, 9.17) is 0 Å². The lowest BCUT2D eigenvalue weighted by atomic mass is 9.86. The molecule has 0 saturated carbocycles. The van der Waals surface area contributed by atoms with Gasteiger partial charge >= 0.3 is 0 Å². The molecule has 0 spiro atoms. The molecule has 6 heteroatoms. The third kappa shape index (κ3) is 3.48. The molecule has 5 nitrogen and oxygen atoms in total. The van der Waals surface area contributed by atoms with Crippen LogP contribution >= 0.6 is 11.3 Å². The van der Waals surface area contributed by atoms with E-state index in [2.05, 4.69) is 65.5 Å². The van der Waals surface area contributed by atoms with Gasteiger partial charge in [-0.1, -0.05) is 45.0 Å². The number of carbonyl (C=O) groups excluding carboxylic acids is 1. The number of hydrogen-bond acceptors (Lipinski definition) is 4. The summed E-state index contributed by atoms with van der Waals surface area (Å²) in [5, 5.41) is 11.7. The number of nitrogens with zero attached hydrogens (tertiary/aromatic N) is 2. The molecule has 2 heterocycles. The second kappa shape index (κ2) is 5.96. The van der Waals surface area contributed by atoms with Gasteiger partial charge in [0.15, 0.2) is 5.13 Å². The van der Waals surface area contributed by atoms with E-state index in [9.17, 15) is 4.79 Å². The average molecular weight is 326 g/mol. The highest BCUT2D eigenvalue weighted by Crippen LogP contribution is 2.28. The lowest BCUT2D eigenvalue weighted by molar-refractivity contribution is 0.102. The zero-order valence-corrected chi connectivity index (χ0v) is 14.1. The van der Waals surface area contributed by atoms with Crippen molar-refractivity contribution in [3.05, 3.63) is 53.2 Å². The summed E-state index contributed by atoms with van der Waals surface area (Å²) in [7, 11) is 0. The number of carbonyl (C=O) groups is 1. The molecule has 0 fully saturated rings. The maximum atomic E-state index is 12.0. The Morgan fingerprint density at radius 2 is 1.91 bits per heavy atom. The van der Waals surface area contributed by atoms with Crippen LogP contribution in [0.15, 0.2) is 41.9 Å². The van der Waals surface area contributed by atoms with Crippen molar-refractivity contribution in [3.8, 4) is 11.3 Å². The molecule has 0 saturated heterocycles. The standard InChI is InChI=1S/C17H18N4OS/c1-17(2,3)12-6-4-11(5-7-12)14-10-23-16(19-14)20-15(22)13-8-9-18-21-13/h4-10H,1-3H3,(H,18,21)(H,19,20,22). The van der Waals surface area contributed by atoms with Crippen LogP contribution in [0.4, 0.5) is 5.13 Å². The van der Waals surface area contributed by atoms with Crippen LogP contribution in [-0.2, 0) is 5.41 Å². The van der Waals surface area contributed by atoms with Gasteiger partial charge in [0, 0.05) is 17.1 Å². The maximum absolute atomic E-state index is 12.0. The minimum Gasteiger partial charge on any atom is -0.296 e. The number of hydrogen-bond donors (Lipinski definition) is 2. The Balaban J connectivity index is 1.75. The number of benzene rings is 1. The van der Waals surface area contributed by atoms with E-state index in [1.807, 2.05) is 5.38 Å². The SMILES string of the molecule is CC(C)(C)c1ccc(-c2csc(NC(=O)c3ccn[nH]3)n2)cc1. The van der Waals surface area contributed by atoms with E-state index in [0.717, 1.165) is 11.3 Å². The predicted octanol–water partition coefficient (Wildman–Crippen LogP) is 4.08. The molecule has 118 valence electrons. The summed E-state index contributed by atoms with van der Waals surface area (Å²) in [6.07, 6.45) is 1.54. The Morgan fingerprint density at radius 3 is 2.52 bits per heavy atom. The van der Waals surface area contributed by atoms with Crippen molar-refractivity contribution in [3.63, 3.8) is 0 Å². The molecule has 0 aliphatic heterocycles. The van der Waals surface area contributed by atoms with Gasteiger partial charge < -0.3 is 0 Å². The minimum absolute atomic E-state index is 0.129. The summed E-state index contributed by atoms with van der Waals surface area (Å²) in [5.74, 6) is -0.244. The van der Waals surface area contributed by atoms with Crippen molar-refractivity contribution < 1.29 is 4.79 Å². The van der Waals surface area contributed by atoms with Gasteiger partial charge in [0.05, 0.1) is 5.69 Å². The molecular weight excluding hydrogens is 308 g/mol. The largest absolute Gasteiger partial charge is 0.296 e. The number of amides is 1. The fourth-order valence-corrected chi connectivity index (χ4v) is 2.87. The number of rotatable bonds is 3. The molecule has 0 aliphatic carbocycles. The summed E-state index contributed by atoms with van der Waals surface area (Å²) in [6.45, 7) is 6.57. The molecule has 3 rings (SSSR count). The van der Waals surface area contributed by atoms with Gasteiger partial charge in [-0.2, -0.15) is 5.10 Å². The van der Waals surface area contributed by atoms with Crippen LogP contribution < -0.4 is 5.32 Å². The summed E-state index contributed by atoms with van der Waals surface area (Å²) >= 11 is 1.40. The lowest BCUT2D eigenvalue weighted by Crippen LogP contribution is -2.12. The van der Waals surface area contributed by atoms with Crippen molar-refractivity contribution in [2.45, 2.75) is 26.2 Å². The van der Waals surface area contributed by atoms with E-state index in [1.54, 1.807) is 12.3 Å². The molecule has 3 aromatic rings. The van der Waals surface area contributed by atoms with Crippen LogP contribution in [0.2, 0.25) is 0 Å². The van der Waals surface area contributed by atoms with Gasteiger partial charge in [-0.05, 0) is 17.0 Å². The van der Waals surface area contributed by atoms with Gasteiger partial charge in [0.2, 0.25) is 0 Å². The van der Waals surface area contributed by atoms with E-state index < -0.39 is 0 Å². The van der Waals surface area contributed by atoms with Gasteiger partial charge in [-0.3, -0.25) is 15.2 Å². The van der Waals surface area contributed by atoms with E-state index in [1.165, 1.54) is 16.9 Å². The third-order valence-corrected chi connectivity index (χ3v) is 4.27. The van der Waals surface area contributed by atoms with Crippen molar-refractivity contribution >= 4 is 22.4 Å². The topological polar surface area (TPSA) is 70.7 Å². The molecule has 0 unspecified atom stereocenters. The highest BCUT2D eigenvalue weighted by molar-refractivity contribution is 7.14. The van der Waals surface area contributed by atoms with Gasteiger partial charge in [0.1, 0.15) is 5.69 Å². The molecule has 2 N–H and O–H groups in total. The molecule has 23 heavy (non-hydrogen) atoms. The highest BCUT2D eigenvalue weighted by atomic mass is 32.1. The number of thiazole rings is 1. The quantitative estimate of drug-likeness (QED) is 0.762. The Hall–Kier alpha value is -2.47. The van der Waals surface area contributed by atoms with Crippen LogP contribution in [0.25, 0.3) is 11.3 Å². The van der Waals surface area contributed by atoms with Crippen LogP contribution in [0, 0.1) is 0 Å². The van der Waals surface area contributed by atoms with Crippen molar-refractivity contribution in [2.24, 2.45) is 0 Å². The normalized spacial score (nSPS) is 11.4. The summed E-state index contributed by atoms with van der Waals surface area (Å²) in [4.78, 5) is 16.4. The van der Waals surface area contributed by atoms with Gasteiger partial charge in [0.25, 0.3) is 5.91 Å². The Morgan fingerprint density at radius 1 is 1.17 bits per heavy atom.